The molecule has 0 fully saturated rings. The monoisotopic (exact) mass is 765 g/mol. The molecule has 0 atom stereocenters. The summed E-state index contributed by atoms with van der Waals surface area (Å²) in [5.41, 5.74) is 12.6. The van der Waals surface area contributed by atoms with Crippen molar-refractivity contribution in [1.82, 2.24) is 9.97 Å². The van der Waals surface area contributed by atoms with Crippen LogP contribution in [0.2, 0.25) is 0 Å². The van der Waals surface area contributed by atoms with Crippen molar-refractivity contribution in [3.05, 3.63) is 212 Å². The molecule has 0 bridgehead atoms. The lowest BCUT2D eigenvalue weighted by Gasteiger charge is -2.26. The molecule has 0 amide bonds. The van der Waals surface area contributed by atoms with Crippen LogP contribution in [0.1, 0.15) is 0 Å². The van der Waals surface area contributed by atoms with E-state index in [0.717, 1.165) is 105 Å². The first kappa shape index (κ1) is 34.0. The normalized spacial score (nSPS) is 11.7. The van der Waals surface area contributed by atoms with E-state index in [1.54, 1.807) is 0 Å². The van der Waals surface area contributed by atoms with E-state index < -0.39 is 0 Å². The highest BCUT2D eigenvalue weighted by atomic mass is 16.3. The molecule has 2 heterocycles. The van der Waals surface area contributed by atoms with Gasteiger partial charge in [-0.15, -0.1) is 0 Å². The Hall–Kier alpha value is -8.08. The van der Waals surface area contributed by atoms with E-state index in [0.29, 0.717) is 0 Å². The van der Waals surface area contributed by atoms with Crippen LogP contribution in [0.4, 0.5) is 17.1 Å². The molecule has 12 rings (SSSR count). The Morgan fingerprint density at radius 3 is 1.78 bits per heavy atom. The topological polar surface area (TPSA) is 42.2 Å². The summed E-state index contributed by atoms with van der Waals surface area (Å²) in [5, 5.41) is 9.03. The third kappa shape index (κ3) is 5.61. The van der Waals surface area contributed by atoms with E-state index in [9.17, 15) is 0 Å². The smallest absolute Gasteiger partial charge is 0.138 e. The fraction of sp³-hybridized carbons (Fsp3) is 0. The summed E-state index contributed by atoms with van der Waals surface area (Å²) in [6, 6.07) is 75.0. The van der Waals surface area contributed by atoms with Crippen LogP contribution in [0.5, 0.6) is 0 Å². The predicted octanol–water partition coefficient (Wildman–Crippen LogP) is 15.5. The van der Waals surface area contributed by atoms with Crippen molar-refractivity contribution in [2.45, 2.75) is 0 Å². The molecule has 0 N–H and O–H groups in total. The summed E-state index contributed by atoms with van der Waals surface area (Å²) in [4.78, 5) is 13.2. The molecule has 4 heteroatoms. The van der Waals surface area contributed by atoms with Gasteiger partial charge in [-0.3, -0.25) is 0 Å². The lowest BCUT2D eigenvalue weighted by Crippen LogP contribution is -2.10. The molecule has 0 aliphatic heterocycles. The summed E-state index contributed by atoms with van der Waals surface area (Å²) in [6.07, 6.45) is 0. The van der Waals surface area contributed by atoms with Crippen LogP contribution < -0.4 is 4.90 Å². The molecule has 280 valence electrons. The number of para-hydroxylation sites is 2. The molecule has 0 radical (unpaired) electrons. The van der Waals surface area contributed by atoms with Gasteiger partial charge < -0.3 is 9.32 Å². The number of fused-ring (bicyclic) bond motifs is 9. The van der Waals surface area contributed by atoms with Crippen LogP contribution in [0.3, 0.4) is 0 Å². The van der Waals surface area contributed by atoms with Crippen molar-refractivity contribution in [3.63, 3.8) is 0 Å². The Labute approximate surface area is 346 Å². The Bertz CT molecular complexity index is 3600. The second-order valence-electron chi connectivity index (χ2n) is 15.4. The van der Waals surface area contributed by atoms with Crippen LogP contribution in [0, 0.1) is 0 Å². The Morgan fingerprint density at radius 1 is 0.350 bits per heavy atom. The van der Waals surface area contributed by atoms with Gasteiger partial charge in [0, 0.05) is 44.7 Å². The highest BCUT2D eigenvalue weighted by molar-refractivity contribution is 6.21. The maximum absolute atomic E-state index is 6.72. The van der Waals surface area contributed by atoms with E-state index in [1.807, 2.05) is 18.2 Å². The molecule has 0 spiro atoms. The van der Waals surface area contributed by atoms with Crippen molar-refractivity contribution in [1.29, 1.82) is 0 Å². The van der Waals surface area contributed by atoms with Crippen molar-refractivity contribution >= 4 is 82.4 Å². The Kier molecular flexibility index (Phi) is 7.82. The number of nitrogens with zero attached hydrogens (tertiary/aromatic N) is 3. The van der Waals surface area contributed by atoms with Gasteiger partial charge in [0.05, 0.1) is 28.1 Å². The third-order valence-electron chi connectivity index (χ3n) is 11.8. The summed E-state index contributed by atoms with van der Waals surface area (Å²) >= 11 is 0. The van der Waals surface area contributed by atoms with Crippen molar-refractivity contribution < 1.29 is 4.42 Å². The van der Waals surface area contributed by atoms with Gasteiger partial charge in [0.25, 0.3) is 0 Å². The van der Waals surface area contributed by atoms with E-state index >= 15 is 0 Å². The largest absolute Gasteiger partial charge is 0.456 e. The first-order valence-electron chi connectivity index (χ1n) is 20.3. The molecule has 12 aromatic rings. The zero-order chi connectivity index (χ0) is 39.6. The molecule has 10 aromatic carbocycles. The minimum absolute atomic E-state index is 0.834. The fourth-order valence-electron chi connectivity index (χ4n) is 8.96. The minimum Gasteiger partial charge on any atom is -0.456 e. The number of furan rings is 1. The lowest BCUT2D eigenvalue weighted by molar-refractivity contribution is 0.669. The van der Waals surface area contributed by atoms with Crippen LogP contribution in [0.15, 0.2) is 217 Å². The Balaban J connectivity index is 1.13. The second kappa shape index (κ2) is 13.8. The highest BCUT2D eigenvalue weighted by Crippen LogP contribution is 2.45. The number of hydrogen-bond donors (Lipinski definition) is 0. The van der Waals surface area contributed by atoms with Gasteiger partial charge in [-0.05, 0) is 86.6 Å². The molecule has 0 saturated carbocycles. The SMILES string of the molecule is c1ccc(-c2nc3ccc4ccc5ccc(-c6cc(N(c7ccccc7)c7ccc8ccccc8c7)cc7oc8ccccc8c67)cc5c4c3nc2-c2ccccc2)cc1. The van der Waals surface area contributed by atoms with Gasteiger partial charge in [-0.25, -0.2) is 9.97 Å². The number of aromatic nitrogens is 2. The van der Waals surface area contributed by atoms with E-state index in [-0.39, 0.29) is 0 Å². The van der Waals surface area contributed by atoms with Crippen molar-refractivity contribution in [2.24, 2.45) is 0 Å². The van der Waals surface area contributed by atoms with Crippen LogP contribution in [-0.4, -0.2) is 9.97 Å². The van der Waals surface area contributed by atoms with Crippen LogP contribution in [0.25, 0.3) is 98.9 Å². The second-order valence-corrected chi connectivity index (χ2v) is 15.4. The van der Waals surface area contributed by atoms with Gasteiger partial charge in [-0.2, -0.15) is 0 Å². The maximum Gasteiger partial charge on any atom is 0.138 e. The lowest BCUT2D eigenvalue weighted by atomic mass is 9.93. The molecule has 0 saturated heterocycles. The molecule has 0 aliphatic carbocycles. The number of rotatable bonds is 6. The molecular weight excluding hydrogens is 731 g/mol. The number of hydrogen-bond acceptors (Lipinski definition) is 4. The average Bonchev–Trinajstić information content (AvgIpc) is 3.70. The minimum atomic E-state index is 0.834. The third-order valence-corrected chi connectivity index (χ3v) is 11.8. The fourth-order valence-corrected chi connectivity index (χ4v) is 8.96. The predicted molar refractivity (Wildman–Crippen MR) is 250 cm³/mol. The van der Waals surface area contributed by atoms with Gasteiger partial charge in [0.15, 0.2) is 0 Å². The molecule has 60 heavy (non-hydrogen) atoms. The van der Waals surface area contributed by atoms with Crippen LogP contribution >= 0.6 is 0 Å². The average molecular weight is 766 g/mol. The van der Waals surface area contributed by atoms with E-state index in [4.69, 9.17) is 14.4 Å². The molecular formula is C56H35N3O. The maximum atomic E-state index is 6.72. The van der Waals surface area contributed by atoms with Gasteiger partial charge in [0.2, 0.25) is 0 Å². The quantitative estimate of drug-likeness (QED) is 0.158. The summed E-state index contributed by atoms with van der Waals surface area (Å²) < 4.78 is 6.72. The standard InChI is InChI=1S/C56H35N3O/c1-4-15-39(16-5-1)54-55(40-17-6-2-7-18-40)58-56-49(57-54)31-29-38-26-24-37-25-27-42(33-47(37)52(38)56)48-34-45(35-51-53(48)46-22-12-13-23-50(46)60-51)59(43-20-8-3-9-21-43)44-30-28-36-14-10-11-19-41(36)32-44/h1-35H. The first-order chi connectivity index (χ1) is 29.7. The van der Waals surface area contributed by atoms with Crippen molar-refractivity contribution in [2.75, 3.05) is 4.90 Å². The summed E-state index contributed by atoms with van der Waals surface area (Å²) in [7, 11) is 0. The Morgan fingerprint density at radius 2 is 0.983 bits per heavy atom. The van der Waals surface area contributed by atoms with Gasteiger partial charge in [-0.1, -0.05) is 158 Å². The molecule has 0 unspecified atom stereocenters. The molecule has 0 aliphatic rings. The molecule has 2 aromatic heterocycles. The van der Waals surface area contributed by atoms with Gasteiger partial charge >= 0.3 is 0 Å². The number of benzene rings is 10. The zero-order valence-corrected chi connectivity index (χ0v) is 32.5. The summed E-state index contributed by atoms with van der Waals surface area (Å²) in [6.45, 7) is 0. The van der Waals surface area contributed by atoms with E-state index in [1.165, 1.54) is 10.8 Å². The zero-order valence-electron chi connectivity index (χ0n) is 32.5. The van der Waals surface area contributed by atoms with Gasteiger partial charge in [0.1, 0.15) is 11.2 Å². The first-order valence-corrected chi connectivity index (χ1v) is 20.3. The number of anilines is 3. The summed E-state index contributed by atoms with van der Waals surface area (Å²) in [5.74, 6) is 0. The van der Waals surface area contributed by atoms with Crippen molar-refractivity contribution in [3.8, 4) is 33.6 Å². The molecule has 4 nitrogen and oxygen atoms in total. The van der Waals surface area contributed by atoms with Crippen LogP contribution in [-0.2, 0) is 0 Å². The van der Waals surface area contributed by atoms with E-state index in [2.05, 4.69) is 199 Å². The highest BCUT2D eigenvalue weighted by Gasteiger charge is 2.21.